The topological polar surface area (TPSA) is 73.5 Å². The number of rotatable bonds is 6. The number of nitrogens with one attached hydrogen (secondary N) is 3. The van der Waals surface area contributed by atoms with E-state index in [-0.39, 0.29) is 12.5 Å². The van der Waals surface area contributed by atoms with Crippen LogP contribution in [-0.2, 0) is 4.79 Å². The average molecular weight is 270 g/mol. The SMILES string of the molecule is CCCN(CC(=O)NC(=O)NCC)C1CCCNC1. The zero-order valence-corrected chi connectivity index (χ0v) is 12.0. The van der Waals surface area contributed by atoms with Crippen LogP contribution in [0.15, 0.2) is 0 Å². The molecule has 1 saturated heterocycles. The average Bonchev–Trinajstić information content (AvgIpc) is 2.39. The van der Waals surface area contributed by atoms with Gasteiger partial charge >= 0.3 is 6.03 Å². The molecule has 0 aromatic carbocycles. The summed E-state index contributed by atoms with van der Waals surface area (Å²) in [5.41, 5.74) is 0. The number of carbonyl (C=O) groups excluding carboxylic acids is 2. The van der Waals surface area contributed by atoms with Crippen LogP contribution in [0.25, 0.3) is 0 Å². The third kappa shape index (κ3) is 6.02. The quantitative estimate of drug-likeness (QED) is 0.649. The molecule has 0 spiro atoms. The Morgan fingerprint density at radius 3 is 2.74 bits per heavy atom. The standard InChI is InChI=1S/C13H26N4O2/c1-3-8-17(11-6-5-7-14-9-11)10-12(18)16-13(19)15-4-2/h11,14H,3-10H2,1-2H3,(H2,15,16,18,19). The van der Waals surface area contributed by atoms with Crippen molar-refractivity contribution in [3.63, 3.8) is 0 Å². The molecule has 110 valence electrons. The van der Waals surface area contributed by atoms with Crippen molar-refractivity contribution in [3.8, 4) is 0 Å². The molecule has 6 nitrogen and oxygen atoms in total. The van der Waals surface area contributed by atoms with Crippen LogP contribution in [0, 0.1) is 0 Å². The van der Waals surface area contributed by atoms with Crippen LogP contribution in [0.1, 0.15) is 33.1 Å². The molecule has 1 atom stereocenters. The van der Waals surface area contributed by atoms with E-state index in [1.807, 2.05) is 6.92 Å². The predicted octanol–water partition coefficient (Wildman–Crippen LogP) is 0.296. The van der Waals surface area contributed by atoms with Gasteiger partial charge in [0.25, 0.3) is 0 Å². The summed E-state index contributed by atoms with van der Waals surface area (Å²) in [6, 6.07) is -0.0144. The van der Waals surface area contributed by atoms with Crippen molar-refractivity contribution in [1.82, 2.24) is 20.9 Å². The van der Waals surface area contributed by atoms with Crippen LogP contribution in [0.2, 0.25) is 0 Å². The first-order valence-corrected chi connectivity index (χ1v) is 7.19. The number of imide groups is 1. The van der Waals surface area contributed by atoms with Gasteiger partial charge in [-0.25, -0.2) is 4.79 Å². The normalized spacial score (nSPS) is 19.2. The van der Waals surface area contributed by atoms with Gasteiger partial charge in [-0.05, 0) is 39.3 Å². The molecule has 0 aliphatic carbocycles. The van der Waals surface area contributed by atoms with Crippen LogP contribution in [0.4, 0.5) is 4.79 Å². The molecule has 0 radical (unpaired) electrons. The number of carbonyl (C=O) groups is 2. The van der Waals surface area contributed by atoms with Crippen molar-refractivity contribution in [3.05, 3.63) is 0 Å². The van der Waals surface area contributed by atoms with Gasteiger partial charge in [0, 0.05) is 19.1 Å². The molecule has 1 heterocycles. The Labute approximate surface area is 115 Å². The Morgan fingerprint density at radius 1 is 1.37 bits per heavy atom. The smallest absolute Gasteiger partial charge is 0.321 e. The van der Waals surface area contributed by atoms with E-state index in [1.165, 1.54) is 0 Å². The minimum Gasteiger partial charge on any atom is -0.338 e. The van der Waals surface area contributed by atoms with Crippen molar-refractivity contribution in [1.29, 1.82) is 0 Å². The maximum Gasteiger partial charge on any atom is 0.321 e. The summed E-state index contributed by atoms with van der Waals surface area (Å²) in [5, 5.41) is 8.27. The second-order valence-corrected chi connectivity index (χ2v) is 4.88. The van der Waals surface area contributed by atoms with Gasteiger partial charge in [0.05, 0.1) is 6.54 Å². The molecule has 1 aliphatic heterocycles. The van der Waals surface area contributed by atoms with E-state index in [2.05, 4.69) is 27.8 Å². The monoisotopic (exact) mass is 270 g/mol. The van der Waals surface area contributed by atoms with Crippen molar-refractivity contribution in [2.24, 2.45) is 0 Å². The molecule has 6 heteroatoms. The minimum atomic E-state index is -0.411. The minimum absolute atomic E-state index is 0.232. The summed E-state index contributed by atoms with van der Waals surface area (Å²) in [7, 11) is 0. The van der Waals surface area contributed by atoms with E-state index in [9.17, 15) is 9.59 Å². The van der Waals surface area contributed by atoms with Gasteiger partial charge in [0.1, 0.15) is 0 Å². The molecule has 19 heavy (non-hydrogen) atoms. The van der Waals surface area contributed by atoms with Gasteiger partial charge in [-0.3, -0.25) is 15.0 Å². The summed E-state index contributed by atoms with van der Waals surface area (Å²) < 4.78 is 0. The van der Waals surface area contributed by atoms with E-state index < -0.39 is 6.03 Å². The zero-order chi connectivity index (χ0) is 14.1. The molecule has 3 amide bonds. The Hall–Kier alpha value is -1.14. The molecule has 1 unspecified atom stereocenters. The summed E-state index contributed by atoms with van der Waals surface area (Å²) in [6.45, 7) is 7.60. The number of piperidine rings is 1. The van der Waals surface area contributed by atoms with E-state index in [1.54, 1.807) is 0 Å². The molecular weight excluding hydrogens is 244 g/mol. The molecular formula is C13H26N4O2. The van der Waals surface area contributed by atoms with Crippen molar-refractivity contribution >= 4 is 11.9 Å². The first-order chi connectivity index (χ1) is 9.17. The lowest BCUT2D eigenvalue weighted by Crippen LogP contribution is -2.51. The Bertz CT molecular complexity index is 290. The number of hydrogen-bond donors (Lipinski definition) is 3. The summed E-state index contributed by atoms with van der Waals surface area (Å²) >= 11 is 0. The first kappa shape index (κ1) is 15.9. The lowest BCUT2D eigenvalue weighted by Gasteiger charge is -2.33. The van der Waals surface area contributed by atoms with Crippen LogP contribution in [0.3, 0.4) is 0 Å². The fourth-order valence-corrected chi connectivity index (χ4v) is 2.38. The maximum atomic E-state index is 11.8. The summed E-state index contributed by atoms with van der Waals surface area (Å²) in [5.74, 6) is -0.232. The molecule has 0 aromatic rings. The van der Waals surface area contributed by atoms with E-state index in [0.717, 1.165) is 38.9 Å². The predicted molar refractivity (Wildman–Crippen MR) is 75.0 cm³/mol. The molecule has 0 aromatic heterocycles. The summed E-state index contributed by atoms with van der Waals surface area (Å²) in [6.07, 6.45) is 3.26. The molecule has 1 fully saturated rings. The van der Waals surface area contributed by atoms with Crippen LogP contribution in [-0.4, -0.2) is 55.6 Å². The third-order valence-corrected chi connectivity index (χ3v) is 3.24. The van der Waals surface area contributed by atoms with E-state index in [0.29, 0.717) is 12.6 Å². The van der Waals surface area contributed by atoms with Crippen LogP contribution >= 0.6 is 0 Å². The second kappa shape index (κ2) is 8.87. The third-order valence-electron chi connectivity index (χ3n) is 3.24. The Balaban J connectivity index is 2.42. The lowest BCUT2D eigenvalue weighted by molar-refractivity contribution is -0.121. The Kier molecular flexibility index (Phi) is 7.43. The highest BCUT2D eigenvalue weighted by Gasteiger charge is 2.22. The highest BCUT2D eigenvalue weighted by Crippen LogP contribution is 2.10. The fourth-order valence-electron chi connectivity index (χ4n) is 2.38. The Morgan fingerprint density at radius 2 is 2.16 bits per heavy atom. The van der Waals surface area contributed by atoms with Gasteiger partial charge in [-0.15, -0.1) is 0 Å². The zero-order valence-electron chi connectivity index (χ0n) is 12.0. The van der Waals surface area contributed by atoms with E-state index >= 15 is 0 Å². The van der Waals surface area contributed by atoms with Gasteiger partial charge in [0.15, 0.2) is 0 Å². The highest BCUT2D eigenvalue weighted by atomic mass is 16.2. The van der Waals surface area contributed by atoms with Crippen molar-refractivity contribution in [2.45, 2.75) is 39.2 Å². The second-order valence-electron chi connectivity index (χ2n) is 4.88. The number of amides is 3. The molecule has 1 rings (SSSR count). The van der Waals surface area contributed by atoms with Gasteiger partial charge < -0.3 is 10.6 Å². The highest BCUT2D eigenvalue weighted by molar-refractivity contribution is 5.95. The van der Waals surface area contributed by atoms with E-state index in [4.69, 9.17) is 0 Å². The first-order valence-electron chi connectivity index (χ1n) is 7.19. The lowest BCUT2D eigenvalue weighted by atomic mass is 10.1. The number of hydrogen-bond acceptors (Lipinski definition) is 4. The molecule has 0 saturated carbocycles. The van der Waals surface area contributed by atoms with Crippen LogP contribution < -0.4 is 16.0 Å². The van der Waals surface area contributed by atoms with Crippen molar-refractivity contribution in [2.75, 3.05) is 32.7 Å². The summed E-state index contributed by atoms with van der Waals surface area (Å²) in [4.78, 5) is 25.3. The van der Waals surface area contributed by atoms with Gasteiger partial charge in [0.2, 0.25) is 5.91 Å². The van der Waals surface area contributed by atoms with Crippen molar-refractivity contribution < 1.29 is 9.59 Å². The fraction of sp³-hybridized carbons (Fsp3) is 0.846. The van der Waals surface area contributed by atoms with Crippen LogP contribution in [0.5, 0.6) is 0 Å². The molecule has 0 bridgehead atoms. The number of nitrogens with zero attached hydrogens (tertiary/aromatic N) is 1. The maximum absolute atomic E-state index is 11.8. The largest absolute Gasteiger partial charge is 0.338 e. The molecule has 1 aliphatic rings. The number of urea groups is 1. The van der Waals surface area contributed by atoms with Gasteiger partial charge in [-0.1, -0.05) is 6.92 Å². The molecule has 3 N–H and O–H groups in total. The van der Waals surface area contributed by atoms with Gasteiger partial charge in [-0.2, -0.15) is 0 Å².